The Bertz CT molecular complexity index is 861. The monoisotopic (exact) mass is 422 g/mol. The first-order valence-corrected chi connectivity index (χ1v) is 9.57. The van der Waals surface area contributed by atoms with Gasteiger partial charge in [0.2, 0.25) is 0 Å². The fourth-order valence-corrected chi connectivity index (χ4v) is 3.77. The molecule has 1 N–H and O–H groups in total. The fourth-order valence-electron chi connectivity index (χ4n) is 2.80. The number of carbonyl (C=O) groups excluding carboxylic acids is 1. The number of alkyl carbamates (subject to hydrolysis) is 1. The molecule has 2 atom stereocenters. The zero-order valence-corrected chi connectivity index (χ0v) is 17.0. The fraction of sp³-hybridized carbons (Fsp3) is 0.333. The second-order valence-corrected chi connectivity index (χ2v) is 8.56. The molecule has 2 aromatic carbocycles. The molecule has 0 aliphatic carbocycles. The first-order valence-electron chi connectivity index (χ1n) is 8.75. The second-order valence-electron chi connectivity index (χ2n) is 7.25. The van der Waals surface area contributed by atoms with E-state index in [9.17, 15) is 23.2 Å². The summed E-state index contributed by atoms with van der Waals surface area (Å²) in [7, 11) is 0. The van der Waals surface area contributed by atoms with Crippen LogP contribution in [0.1, 0.15) is 37.9 Å². The van der Waals surface area contributed by atoms with Crippen molar-refractivity contribution in [2.45, 2.75) is 42.7 Å². The molecule has 8 heteroatoms. The average Bonchev–Trinajstić information content (AvgIpc) is 2.63. The van der Waals surface area contributed by atoms with Crippen molar-refractivity contribution >= 4 is 17.9 Å². The van der Waals surface area contributed by atoms with Crippen molar-refractivity contribution < 1.29 is 22.7 Å². The molecule has 154 valence electrons. The van der Waals surface area contributed by atoms with Crippen LogP contribution in [-0.2, 0) is 9.48 Å². The van der Waals surface area contributed by atoms with Gasteiger partial charge >= 0.3 is 11.6 Å². The molecular weight excluding hydrogens is 401 g/mol. The molecule has 0 saturated carbocycles. The number of nitrogens with zero attached hydrogens (tertiary/aromatic N) is 1. The molecule has 0 aliphatic heterocycles. The van der Waals surface area contributed by atoms with Crippen LogP contribution in [0.2, 0.25) is 0 Å². The molecule has 4 nitrogen and oxygen atoms in total. The summed E-state index contributed by atoms with van der Waals surface area (Å²) in [6.07, 6.45) is -0.912. The van der Waals surface area contributed by atoms with Gasteiger partial charge in [-0.05, 0) is 43.7 Å². The van der Waals surface area contributed by atoms with Gasteiger partial charge in [-0.2, -0.15) is 18.4 Å². The Morgan fingerprint density at radius 2 is 1.55 bits per heavy atom. The van der Waals surface area contributed by atoms with Crippen molar-refractivity contribution in [2.24, 2.45) is 0 Å². The van der Waals surface area contributed by atoms with E-state index in [0.717, 1.165) is 0 Å². The van der Waals surface area contributed by atoms with Crippen LogP contribution >= 0.6 is 11.8 Å². The number of hydrogen-bond acceptors (Lipinski definition) is 4. The maximum Gasteiger partial charge on any atom is 0.443 e. The number of halogens is 3. The molecule has 0 spiro atoms. The van der Waals surface area contributed by atoms with Gasteiger partial charge in [0.1, 0.15) is 5.60 Å². The SMILES string of the molecule is CC(C)(C)OC(=O)N[C@H](c1ccccc1)[C@](C#N)(SC(F)(F)F)c1ccccc1. The Morgan fingerprint density at radius 3 is 2.00 bits per heavy atom. The van der Waals surface area contributed by atoms with Crippen LogP contribution in [0.3, 0.4) is 0 Å². The summed E-state index contributed by atoms with van der Waals surface area (Å²) in [5, 5.41) is 12.5. The molecule has 0 fully saturated rings. The highest BCUT2D eigenvalue weighted by Crippen LogP contribution is 2.53. The number of benzene rings is 2. The Morgan fingerprint density at radius 1 is 1.03 bits per heavy atom. The molecule has 2 rings (SSSR count). The number of amides is 1. The Balaban J connectivity index is 2.64. The molecule has 0 aliphatic rings. The molecule has 1 amide bonds. The number of carbonyl (C=O) groups is 1. The first-order chi connectivity index (χ1) is 13.5. The minimum Gasteiger partial charge on any atom is -0.444 e. The third kappa shape index (κ3) is 6.16. The summed E-state index contributed by atoms with van der Waals surface area (Å²) in [5.41, 5.74) is -5.12. The van der Waals surface area contributed by atoms with E-state index in [1.807, 2.05) is 6.07 Å². The van der Waals surface area contributed by atoms with E-state index in [1.165, 1.54) is 12.1 Å². The molecule has 0 bridgehead atoms. The largest absolute Gasteiger partial charge is 0.444 e. The van der Waals surface area contributed by atoms with E-state index in [0.29, 0.717) is 5.56 Å². The van der Waals surface area contributed by atoms with Crippen molar-refractivity contribution in [3.63, 3.8) is 0 Å². The van der Waals surface area contributed by atoms with Gasteiger partial charge in [0.15, 0.2) is 4.75 Å². The topological polar surface area (TPSA) is 62.1 Å². The van der Waals surface area contributed by atoms with E-state index in [2.05, 4.69) is 5.32 Å². The third-order valence-corrected chi connectivity index (χ3v) is 4.96. The molecule has 0 heterocycles. The average molecular weight is 422 g/mol. The second kappa shape index (κ2) is 8.78. The van der Waals surface area contributed by atoms with Crippen LogP contribution in [0.4, 0.5) is 18.0 Å². The number of hydrogen-bond donors (Lipinski definition) is 1. The minimum atomic E-state index is -4.73. The van der Waals surface area contributed by atoms with Crippen LogP contribution in [0.15, 0.2) is 60.7 Å². The van der Waals surface area contributed by atoms with Crippen molar-refractivity contribution in [3.8, 4) is 6.07 Å². The summed E-state index contributed by atoms with van der Waals surface area (Å²) < 4.78 is 43.8. The number of rotatable bonds is 5. The van der Waals surface area contributed by atoms with Gasteiger partial charge < -0.3 is 10.1 Å². The van der Waals surface area contributed by atoms with E-state index in [4.69, 9.17) is 4.74 Å². The van der Waals surface area contributed by atoms with Gasteiger partial charge in [-0.1, -0.05) is 60.7 Å². The zero-order chi connectivity index (χ0) is 21.7. The highest BCUT2D eigenvalue weighted by Gasteiger charge is 2.52. The molecule has 0 unspecified atom stereocenters. The van der Waals surface area contributed by atoms with E-state index in [-0.39, 0.29) is 5.56 Å². The third-order valence-electron chi connectivity index (χ3n) is 3.85. The Labute approximate surface area is 172 Å². The van der Waals surface area contributed by atoms with Crippen LogP contribution in [0, 0.1) is 11.3 Å². The zero-order valence-electron chi connectivity index (χ0n) is 16.2. The van der Waals surface area contributed by atoms with Gasteiger partial charge in [-0.25, -0.2) is 4.79 Å². The summed E-state index contributed by atoms with van der Waals surface area (Å²) in [4.78, 5) is 12.5. The number of nitriles is 1. The predicted octanol–water partition coefficient (Wildman–Crippen LogP) is 5.92. The van der Waals surface area contributed by atoms with Crippen LogP contribution < -0.4 is 5.32 Å². The summed E-state index contributed by atoms with van der Waals surface area (Å²) in [5.74, 6) is 0. The minimum absolute atomic E-state index is 0.120. The van der Waals surface area contributed by atoms with E-state index in [1.54, 1.807) is 69.3 Å². The molecule has 0 radical (unpaired) electrons. The number of thioether (sulfide) groups is 1. The highest BCUT2D eigenvalue weighted by molar-refractivity contribution is 8.01. The molecular formula is C21H21F3N2O2S. The van der Waals surface area contributed by atoms with Gasteiger partial charge in [0, 0.05) is 0 Å². The molecule has 0 saturated heterocycles. The van der Waals surface area contributed by atoms with Crippen LogP contribution in [0.5, 0.6) is 0 Å². The summed E-state index contributed by atoms with van der Waals surface area (Å²) in [6.45, 7) is 4.93. The van der Waals surface area contributed by atoms with Crippen molar-refractivity contribution in [1.29, 1.82) is 5.26 Å². The van der Waals surface area contributed by atoms with Gasteiger partial charge in [-0.15, -0.1) is 0 Å². The Hall–Kier alpha value is -2.66. The summed E-state index contributed by atoms with van der Waals surface area (Å²) in [6, 6.07) is 16.2. The van der Waals surface area contributed by atoms with Gasteiger partial charge in [-0.3, -0.25) is 0 Å². The predicted molar refractivity (Wildman–Crippen MR) is 106 cm³/mol. The van der Waals surface area contributed by atoms with Crippen molar-refractivity contribution in [1.82, 2.24) is 5.32 Å². The maximum atomic E-state index is 13.6. The molecule has 2 aromatic rings. The Kier molecular flexibility index (Phi) is 6.85. The van der Waals surface area contributed by atoms with E-state index >= 15 is 0 Å². The summed E-state index contributed by atoms with van der Waals surface area (Å²) >= 11 is -0.466. The van der Waals surface area contributed by atoms with Gasteiger partial charge in [0.05, 0.1) is 12.1 Å². The van der Waals surface area contributed by atoms with Crippen molar-refractivity contribution in [2.75, 3.05) is 0 Å². The van der Waals surface area contributed by atoms with Crippen LogP contribution in [-0.4, -0.2) is 17.2 Å². The van der Waals surface area contributed by atoms with E-state index < -0.39 is 39.8 Å². The number of ether oxygens (including phenoxy) is 1. The van der Waals surface area contributed by atoms with Gasteiger partial charge in [0.25, 0.3) is 0 Å². The lowest BCUT2D eigenvalue weighted by Crippen LogP contribution is -2.44. The lowest BCUT2D eigenvalue weighted by molar-refractivity contribution is -0.0344. The maximum absolute atomic E-state index is 13.6. The lowest BCUT2D eigenvalue weighted by Gasteiger charge is -2.36. The standard InChI is InChI=1S/C21H21F3N2O2S/c1-19(2,3)28-18(27)26-17(15-10-6-4-7-11-15)20(14-25,29-21(22,23)24)16-12-8-5-9-13-16/h4-13,17H,1-3H3,(H,26,27)/t17-,20-/m1/s1. The molecule has 0 aromatic heterocycles. The number of nitrogens with one attached hydrogen (secondary N) is 1. The smallest absolute Gasteiger partial charge is 0.443 e. The lowest BCUT2D eigenvalue weighted by atomic mass is 9.87. The van der Waals surface area contributed by atoms with Crippen LogP contribution in [0.25, 0.3) is 0 Å². The molecule has 29 heavy (non-hydrogen) atoms. The van der Waals surface area contributed by atoms with Crippen molar-refractivity contribution in [3.05, 3.63) is 71.8 Å². The highest BCUT2D eigenvalue weighted by atomic mass is 32.2. The first kappa shape index (κ1) is 22.6. The quantitative estimate of drug-likeness (QED) is 0.649. The normalized spacial score (nSPS) is 14.9. The number of alkyl halides is 3.